The molecule has 6 N–H and O–H groups in total. The lowest BCUT2D eigenvalue weighted by Gasteiger charge is -2.26. The number of anilines is 2. The molecule has 0 bridgehead atoms. The second-order valence-electron chi connectivity index (χ2n) is 9.48. The lowest BCUT2D eigenvalue weighted by atomic mass is 9.80. The molecule has 1 atom stereocenters. The molecule has 4 rings (SSSR count). The number of hydrogen-bond acceptors (Lipinski definition) is 8. The number of nitrogens with one attached hydrogen (secondary N) is 4. The van der Waals surface area contributed by atoms with Gasteiger partial charge < -0.3 is 25.4 Å². The summed E-state index contributed by atoms with van der Waals surface area (Å²) in [7, 11) is -1.67. The van der Waals surface area contributed by atoms with Crippen molar-refractivity contribution in [2.24, 2.45) is 4.99 Å². The number of benzene rings is 3. The van der Waals surface area contributed by atoms with Gasteiger partial charge in [0.2, 0.25) is 5.91 Å². The molecular formula is C29H30BClN6O5. The van der Waals surface area contributed by atoms with Crippen LogP contribution in [0.4, 0.5) is 11.4 Å². The van der Waals surface area contributed by atoms with Gasteiger partial charge in [-0.25, -0.2) is 0 Å². The first-order valence-electron chi connectivity index (χ1n) is 13.1. The van der Waals surface area contributed by atoms with E-state index in [1.165, 1.54) is 17.0 Å². The molecule has 0 unspecified atom stereocenters. The Morgan fingerprint density at radius 1 is 1.10 bits per heavy atom. The fourth-order valence-corrected chi connectivity index (χ4v) is 4.59. The van der Waals surface area contributed by atoms with Crippen molar-refractivity contribution in [3.05, 3.63) is 82.9 Å². The fourth-order valence-electron chi connectivity index (χ4n) is 4.46. The van der Waals surface area contributed by atoms with Crippen molar-refractivity contribution < 1.29 is 24.4 Å². The summed E-state index contributed by atoms with van der Waals surface area (Å²) in [5.41, 5.74) is 2.79. The Morgan fingerprint density at radius 2 is 1.83 bits per heavy atom. The lowest BCUT2D eigenvalue weighted by Crippen LogP contribution is -2.42. The fraction of sp³-hybridized carbons (Fsp3) is 0.207. The van der Waals surface area contributed by atoms with Gasteiger partial charge in [0.15, 0.2) is 6.61 Å². The van der Waals surface area contributed by atoms with Crippen LogP contribution < -0.4 is 25.7 Å². The number of ether oxygens (including phenoxy) is 1. The molecule has 1 aliphatic heterocycles. The molecule has 13 heteroatoms. The van der Waals surface area contributed by atoms with Crippen molar-refractivity contribution in [1.82, 2.24) is 5.32 Å². The predicted octanol–water partition coefficient (Wildman–Crippen LogP) is 2.56. The van der Waals surface area contributed by atoms with Crippen molar-refractivity contribution >= 4 is 64.8 Å². The van der Waals surface area contributed by atoms with E-state index in [1.54, 1.807) is 68.4 Å². The monoisotopic (exact) mass is 588 g/mol. The number of halogens is 1. The van der Waals surface area contributed by atoms with Crippen LogP contribution in [0.2, 0.25) is 5.02 Å². The van der Waals surface area contributed by atoms with Gasteiger partial charge in [-0.05, 0) is 61.8 Å². The second-order valence-corrected chi connectivity index (χ2v) is 9.92. The zero-order valence-corrected chi connectivity index (χ0v) is 23.8. The summed E-state index contributed by atoms with van der Waals surface area (Å²) in [6, 6.07) is 17.3. The molecule has 0 aliphatic carbocycles. The van der Waals surface area contributed by atoms with E-state index in [4.69, 9.17) is 32.1 Å². The summed E-state index contributed by atoms with van der Waals surface area (Å²) in [6.45, 7) is 3.44. The number of benzodiazepines with no additional fused rings is 1. The van der Waals surface area contributed by atoms with Gasteiger partial charge in [-0.1, -0.05) is 35.9 Å². The smallest absolute Gasteiger partial charge is 0.484 e. The van der Waals surface area contributed by atoms with Crippen molar-refractivity contribution in [3.8, 4) is 5.75 Å². The quantitative estimate of drug-likeness (QED) is 0.127. The van der Waals surface area contributed by atoms with E-state index in [0.717, 1.165) is 0 Å². The number of carbonyl (C=O) groups is 2. The van der Waals surface area contributed by atoms with Gasteiger partial charge >= 0.3 is 7.12 Å². The summed E-state index contributed by atoms with van der Waals surface area (Å²) in [5, 5.41) is 42.0. The summed E-state index contributed by atoms with van der Waals surface area (Å²) in [4.78, 5) is 31.4. The van der Waals surface area contributed by atoms with E-state index in [-0.39, 0.29) is 36.1 Å². The predicted molar refractivity (Wildman–Crippen MR) is 165 cm³/mol. The first-order valence-corrected chi connectivity index (χ1v) is 13.5. The largest absolute Gasteiger partial charge is 0.488 e. The highest BCUT2D eigenvalue weighted by Gasteiger charge is 2.32. The third kappa shape index (κ3) is 7.21. The number of aliphatic imine (C=N–C) groups is 1. The van der Waals surface area contributed by atoms with Gasteiger partial charge in [-0.3, -0.25) is 30.3 Å². The molecular weight excluding hydrogens is 559 g/mol. The number of carbonyl (C=O) groups excluding carboxylic acids is 2. The van der Waals surface area contributed by atoms with Crippen molar-refractivity contribution in [2.45, 2.75) is 26.3 Å². The topological polar surface area (TPSA) is 171 Å². The van der Waals surface area contributed by atoms with Crippen LogP contribution in [0.3, 0.4) is 0 Å². The number of fused-ring (bicyclic) bond motifs is 1. The van der Waals surface area contributed by atoms with Crippen molar-refractivity contribution in [2.75, 3.05) is 23.4 Å². The van der Waals surface area contributed by atoms with E-state index >= 15 is 0 Å². The average molecular weight is 589 g/mol. The van der Waals surface area contributed by atoms with Crippen LogP contribution in [-0.4, -0.2) is 65.6 Å². The molecule has 0 radical (unpaired) electrons. The van der Waals surface area contributed by atoms with Crippen LogP contribution in [0.5, 0.6) is 5.75 Å². The summed E-state index contributed by atoms with van der Waals surface area (Å²) < 4.78 is 5.80. The van der Waals surface area contributed by atoms with E-state index in [0.29, 0.717) is 45.5 Å². The Bertz CT molecular complexity index is 1550. The van der Waals surface area contributed by atoms with Crippen molar-refractivity contribution in [1.29, 1.82) is 10.8 Å². The average Bonchev–Trinajstić information content (AvgIpc) is 3.06. The molecule has 1 heterocycles. The minimum Gasteiger partial charge on any atom is -0.484 e. The molecule has 3 aromatic carbocycles. The number of amides is 2. The minimum absolute atomic E-state index is 0.0257. The molecule has 216 valence electrons. The molecule has 0 aromatic heterocycles. The summed E-state index contributed by atoms with van der Waals surface area (Å²) in [6.07, 6.45) is -0.0838. The maximum Gasteiger partial charge on any atom is 0.488 e. The van der Waals surface area contributed by atoms with E-state index in [1.807, 2.05) is 0 Å². The van der Waals surface area contributed by atoms with Gasteiger partial charge in [-0.15, -0.1) is 0 Å². The van der Waals surface area contributed by atoms with E-state index in [2.05, 4.69) is 10.6 Å². The maximum atomic E-state index is 12.6. The Morgan fingerprint density at radius 3 is 2.50 bits per heavy atom. The second kappa shape index (κ2) is 13.4. The van der Waals surface area contributed by atoms with Crippen LogP contribution in [-0.2, 0) is 9.59 Å². The van der Waals surface area contributed by atoms with Gasteiger partial charge in [0, 0.05) is 28.4 Å². The van der Waals surface area contributed by atoms with Gasteiger partial charge in [0.1, 0.15) is 23.5 Å². The zero-order valence-electron chi connectivity index (χ0n) is 23.0. The Balaban J connectivity index is 1.68. The van der Waals surface area contributed by atoms with Crippen LogP contribution in [0.15, 0.2) is 71.7 Å². The molecule has 42 heavy (non-hydrogen) atoms. The maximum absolute atomic E-state index is 12.6. The standard InChI is InChI=1S/C29H30BClN6O5/c1-3-34-26(38)15-24-29(33)37(17(2)32)25-12-11-22(14-23(25)28(36-24)18-7-9-20(31)10-8-18)42-16-27(39)35-21-6-4-5-19(13-21)30(40)41/h4-14,24,32-33,40-41H,3,15-16H2,1-2H3,(H,34,38)(H,35,39)/t24-/m0/s1. The summed E-state index contributed by atoms with van der Waals surface area (Å²) >= 11 is 6.14. The van der Waals surface area contributed by atoms with Crippen LogP contribution in [0.1, 0.15) is 31.4 Å². The van der Waals surface area contributed by atoms with E-state index < -0.39 is 19.1 Å². The van der Waals surface area contributed by atoms with Gasteiger partial charge in [0.25, 0.3) is 5.91 Å². The van der Waals surface area contributed by atoms with E-state index in [9.17, 15) is 19.6 Å². The van der Waals surface area contributed by atoms with Crippen LogP contribution in [0.25, 0.3) is 0 Å². The number of hydrogen-bond donors (Lipinski definition) is 6. The van der Waals surface area contributed by atoms with Crippen LogP contribution >= 0.6 is 11.6 Å². The molecule has 2 amide bonds. The molecule has 0 fully saturated rings. The Kier molecular flexibility index (Phi) is 9.74. The number of nitrogens with zero attached hydrogens (tertiary/aromatic N) is 2. The Hall–Kier alpha value is -4.52. The van der Waals surface area contributed by atoms with Gasteiger partial charge in [0.05, 0.1) is 17.8 Å². The highest BCUT2D eigenvalue weighted by atomic mass is 35.5. The molecule has 0 saturated carbocycles. The minimum atomic E-state index is -1.67. The highest BCUT2D eigenvalue weighted by Crippen LogP contribution is 2.33. The Labute approximate surface area is 248 Å². The third-order valence-electron chi connectivity index (χ3n) is 6.35. The third-order valence-corrected chi connectivity index (χ3v) is 6.60. The molecule has 0 saturated heterocycles. The van der Waals surface area contributed by atoms with Crippen LogP contribution in [0, 0.1) is 10.8 Å². The highest BCUT2D eigenvalue weighted by molar-refractivity contribution is 6.58. The molecule has 3 aromatic rings. The van der Waals surface area contributed by atoms with Crippen molar-refractivity contribution in [3.63, 3.8) is 0 Å². The van der Waals surface area contributed by atoms with Gasteiger partial charge in [-0.2, -0.15) is 0 Å². The number of amidine groups is 2. The normalized spacial score (nSPS) is 14.3. The molecule has 1 aliphatic rings. The first-order chi connectivity index (χ1) is 20.1. The molecule has 11 nitrogen and oxygen atoms in total. The number of rotatable bonds is 9. The zero-order chi connectivity index (χ0) is 30.4. The SMILES string of the molecule is CCNC(=O)C[C@@H]1N=C(c2ccc(Cl)cc2)c2cc(OCC(=O)Nc3cccc(B(O)O)c3)ccc2N(C(C)=N)C1=N. The first kappa shape index (κ1) is 30.4. The lowest BCUT2D eigenvalue weighted by molar-refractivity contribution is -0.121. The molecule has 0 spiro atoms. The summed E-state index contributed by atoms with van der Waals surface area (Å²) in [5.74, 6) is -0.363.